The molecule has 0 saturated heterocycles. The summed E-state index contributed by atoms with van der Waals surface area (Å²) in [6, 6.07) is 16.5. The van der Waals surface area contributed by atoms with Gasteiger partial charge < -0.3 is 15.7 Å². The molecule has 0 saturated carbocycles. The predicted molar refractivity (Wildman–Crippen MR) is 211 cm³/mol. The van der Waals surface area contributed by atoms with Crippen LogP contribution < -0.4 is 10.6 Å². The van der Waals surface area contributed by atoms with Gasteiger partial charge in [0.15, 0.2) is 15.6 Å². The second-order valence-corrected chi connectivity index (χ2v) is 18.8. The average Bonchev–Trinajstić information content (AvgIpc) is 3.14. The van der Waals surface area contributed by atoms with Crippen molar-refractivity contribution in [3.8, 4) is 5.75 Å². The van der Waals surface area contributed by atoms with Crippen LogP contribution in [0.15, 0.2) is 109 Å². The summed E-state index contributed by atoms with van der Waals surface area (Å²) in [5, 5.41) is 37.1. The van der Waals surface area contributed by atoms with Crippen LogP contribution in [0.2, 0.25) is 5.28 Å². The van der Waals surface area contributed by atoms with Gasteiger partial charge in [0.05, 0.1) is 34.2 Å². The molecule has 0 fully saturated rings. The minimum Gasteiger partial charge on any atom is -0.505 e. The molecule has 7 N–H and O–H groups in total. The normalized spacial score (nSPS) is 12.7. The summed E-state index contributed by atoms with van der Waals surface area (Å²) in [5.74, 6) is -1.42. The van der Waals surface area contributed by atoms with Crippen LogP contribution in [-0.4, -0.2) is 85.0 Å². The molecule has 0 radical (unpaired) electrons. The van der Waals surface area contributed by atoms with E-state index in [0.717, 1.165) is 30.3 Å². The third kappa shape index (κ3) is 10.6. The Balaban J connectivity index is 1.28. The van der Waals surface area contributed by atoms with E-state index in [1.54, 1.807) is 0 Å². The number of hydrogen-bond donors (Lipinski definition) is 7. The largest absolute Gasteiger partial charge is 0.505 e. The zero-order valence-corrected chi connectivity index (χ0v) is 34.1. The van der Waals surface area contributed by atoms with Crippen molar-refractivity contribution in [2.75, 3.05) is 23.0 Å². The summed E-state index contributed by atoms with van der Waals surface area (Å²) in [4.78, 5) is 10.6. The van der Waals surface area contributed by atoms with Crippen LogP contribution in [0.3, 0.4) is 0 Å². The first-order chi connectivity index (χ1) is 28.1. The standard InChI is InChI=1S/C31H24ClN7O16S5/c32-29-35-30(33-17-4-7-19(8-5-17)57(42,43)13-12-53-60(50,51)52)37-31(36-29)34-18-6-9-20-16(14-18)15-24(56-55-54-41)26(27(20)40)39-38-23-11-10-21-22(28(23)59(47,48)49)2-1-3-25(21)58(44,45)46/h1-11,14-15,40-41H,12-13H2,(H,44,45,46)(H,47,48,49)(H,50,51,52)(H2,33,34,35,36,37). The van der Waals surface area contributed by atoms with E-state index in [9.17, 15) is 47.9 Å². The van der Waals surface area contributed by atoms with Crippen molar-refractivity contribution >= 4 is 120 Å². The van der Waals surface area contributed by atoms with Gasteiger partial charge in [0.2, 0.25) is 17.2 Å². The molecule has 0 amide bonds. The smallest absolute Gasteiger partial charge is 0.397 e. The number of benzene rings is 5. The van der Waals surface area contributed by atoms with Crippen molar-refractivity contribution in [1.82, 2.24) is 15.0 Å². The molecule has 0 aliphatic heterocycles. The number of sulfone groups is 1. The Labute approximate surface area is 347 Å². The lowest BCUT2D eigenvalue weighted by Gasteiger charge is -2.12. The summed E-state index contributed by atoms with van der Waals surface area (Å²) < 4.78 is 132. The van der Waals surface area contributed by atoms with E-state index >= 15 is 0 Å². The second kappa shape index (κ2) is 17.4. The lowest BCUT2D eigenvalue weighted by Crippen LogP contribution is -2.15. The van der Waals surface area contributed by atoms with Gasteiger partial charge in [-0.2, -0.15) is 40.2 Å². The highest BCUT2D eigenvalue weighted by molar-refractivity contribution is 7.94. The minimum absolute atomic E-state index is 0.0576. The summed E-state index contributed by atoms with van der Waals surface area (Å²) in [6.45, 7) is -0.803. The number of nitrogens with one attached hydrogen (secondary N) is 2. The predicted octanol–water partition coefficient (Wildman–Crippen LogP) is 5.95. The van der Waals surface area contributed by atoms with Gasteiger partial charge in [0.25, 0.3) is 20.2 Å². The quantitative estimate of drug-likeness (QED) is 0.0193. The molecular weight excluding hydrogens is 922 g/mol. The Bertz CT molecular complexity index is 3140. The molecule has 6 aromatic rings. The summed E-state index contributed by atoms with van der Waals surface area (Å²) in [7, 11) is -18.7. The Morgan fingerprint density at radius 3 is 2.02 bits per heavy atom. The maximum absolute atomic E-state index is 12.5. The molecule has 29 heteroatoms. The fourth-order valence-electron chi connectivity index (χ4n) is 5.44. The van der Waals surface area contributed by atoms with Gasteiger partial charge in [0, 0.05) is 27.5 Å². The molecular formula is C31H24ClN7O16S5. The minimum atomic E-state index is -5.11. The second-order valence-electron chi connectivity index (χ2n) is 11.7. The number of halogens is 1. The van der Waals surface area contributed by atoms with Crippen LogP contribution in [0.5, 0.6) is 5.75 Å². The molecule has 316 valence electrons. The zero-order chi connectivity index (χ0) is 43.6. The molecule has 0 aliphatic carbocycles. The fourth-order valence-corrected chi connectivity index (χ4v) is 9.12. The molecule has 60 heavy (non-hydrogen) atoms. The molecule has 0 unspecified atom stereocenters. The van der Waals surface area contributed by atoms with Crippen LogP contribution in [0.4, 0.5) is 34.6 Å². The van der Waals surface area contributed by atoms with Gasteiger partial charge in [-0.25, -0.2) is 17.9 Å². The molecule has 5 aromatic carbocycles. The number of anilines is 4. The number of nitrogens with zero attached hydrogens (tertiary/aromatic N) is 5. The van der Waals surface area contributed by atoms with E-state index < -0.39 is 74.1 Å². The lowest BCUT2D eigenvalue weighted by atomic mass is 10.1. The highest BCUT2D eigenvalue weighted by Gasteiger charge is 2.24. The number of azo groups is 1. The first-order valence-electron chi connectivity index (χ1n) is 15.9. The van der Waals surface area contributed by atoms with Crippen LogP contribution in [0, 0.1) is 0 Å². The topological polar surface area (TPSA) is 353 Å². The highest BCUT2D eigenvalue weighted by Crippen LogP contribution is 2.45. The SMILES string of the molecule is O=S(=O)(O)OCCS(=O)(=O)c1ccc(Nc2nc(Cl)nc(Nc3ccc4c(O)c(N=Nc5ccc6c(S(=O)(=O)O)cccc6c5S(=O)(=O)O)c(SOOO)cc4c3)n2)cc1. The van der Waals surface area contributed by atoms with Gasteiger partial charge >= 0.3 is 10.4 Å². The van der Waals surface area contributed by atoms with Crippen molar-refractivity contribution in [2.24, 2.45) is 10.2 Å². The maximum Gasteiger partial charge on any atom is 0.397 e. The Kier molecular flexibility index (Phi) is 12.9. The Morgan fingerprint density at radius 1 is 0.733 bits per heavy atom. The molecule has 1 aromatic heterocycles. The zero-order valence-electron chi connectivity index (χ0n) is 29.3. The highest BCUT2D eigenvalue weighted by atomic mass is 35.5. The molecule has 0 bridgehead atoms. The third-order valence-corrected chi connectivity index (χ3v) is 12.7. The van der Waals surface area contributed by atoms with Crippen molar-refractivity contribution in [3.05, 3.63) is 84.1 Å². The van der Waals surface area contributed by atoms with Crippen molar-refractivity contribution in [3.63, 3.8) is 0 Å². The van der Waals surface area contributed by atoms with Crippen molar-refractivity contribution in [2.45, 2.75) is 19.6 Å². The number of aromatic hydroxyl groups is 1. The lowest BCUT2D eigenvalue weighted by molar-refractivity contribution is -0.432. The fraction of sp³-hybridized carbons (Fsp3) is 0.0645. The maximum atomic E-state index is 12.5. The number of phenolic OH excluding ortho intramolecular Hbond substituents is 1. The Hall–Kier alpha value is -5.21. The van der Waals surface area contributed by atoms with Crippen LogP contribution in [0.1, 0.15) is 0 Å². The first kappa shape index (κ1) is 44.3. The Morgan fingerprint density at radius 2 is 1.38 bits per heavy atom. The number of phenols is 1. The number of rotatable bonds is 16. The number of aromatic nitrogens is 3. The molecule has 1 heterocycles. The van der Waals surface area contributed by atoms with Crippen LogP contribution in [-0.2, 0) is 54.0 Å². The van der Waals surface area contributed by atoms with Crippen molar-refractivity contribution < 1.29 is 71.2 Å². The number of hydrogen-bond acceptors (Lipinski definition) is 21. The third-order valence-electron chi connectivity index (χ3n) is 7.87. The van der Waals surface area contributed by atoms with E-state index in [1.807, 2.05) is 0 Å². The van der Waals surface area contributed by atoms with E-state index in [2.05, 4.69) is 49.4 Å². The van der Waals surface area contributed by atoms with Gasteiger partial charge in [-0.3, -0.25) is 13.7 Å². The van der Waals surface area contributed by atoms with Crippen LogP contribution >= 0.6 is 23.6 Å². The van der Waals surface area contributed by atoms with Crippen molar-refractivity contribution in [1.29, 1.82) is 0 Å². The molecule has 0 aliphatic rings. The van der Waals surface area contributed by atoms with E-state index in [-0.39, 0.29) is 48.8 Å². The summed E-state index contributed by atoms with van der Waals surface area (Å²) in [6.07, 6.45) is 0. The van der Waals surface area contributed by atoms with Gasteiger partial charge in [0.1, 0.15) is 21.2 Å². The van der Waals surface area contributed by atoms with E-state index in [0.29, 0.717) is 28.8 Å². The molecule has 0 atom stereocenters. The average molecular weight is 946 g/mol. The molecule has 23 nitrogen and oxygen atoms in total. The molecule has 0 spiro atoms. The van der Waals surface area contributed by atoms with Gasteiger partial charge in [-0.05, 0) is 77.7 Å². The summed E-state index contributed by atoms with van der Waals surface area (Å²) >= 11 is 6.49. The van der Waals surface area contributed by atoms with Gasteiger partial charge in [-0.1, -0.05) is 23.2 Å². The van der Waals surface area contributed by atoms with Crippen LogP contribution in [0.25, 0.3) is 21.5 Å². The monoisotopic (exact) mass is 945 g/mol. The van der Waals surface area contributed by atoms with Gasteiger partial charge in [-0.15, -0.1) is 14.6 Å². The molecule has 6 rings (SSSR count). The number of fused-ring (bicyclic) bond motifs is 2. The summed E-state index contributed by atoms with van der Waals surface area (Å²) in [5.41, 5.74) is -0.199. The van der Waals surface area contributed by atoms with E-state index in [1.165, 1.54) is 48.5 Å². The van der Waals surface area contributed by atoms with E-state index in [4.69, 9.17) is 21.4 Å². The first-order valence-corrected chi connectivity index (χ1v) is 22.9.